The summed E-state index contributed by atoms with van der Waals surface area (Å²) in [6.45, 7) is 6.04. The van der Waals surface area contributed by atoms with Gasteiger partial charge in [0.05, 0.1) is 0 Å². The van der Waals surface area contributed by atoms with E-state index in [2.05, 4.69) is 31.8 Å². The summed E-state index contributed by atoms with van der Waals surface area (Å²) in [5.41, 5.74) is 8.10. The van der Waals surface area contributed by atoms with Gasteiger partial charge in [0.2, 0.25) is 0 Å². The molecule has 0 saturated carbocycles. The van der Waals surface area contributed by atoms with E-state index in [1.807, 2.05) is 12.1 Å². The van der Waals surface area contributed by atoms with E-state index >= 15 is 0 Å². The summed E-state index contributed by atoms with van der Waals surface area (Å²) in [5, 5.41) is 0. The van der Waals surface area contributed by atoms with Gasteiger partial charge in [-0.05, 0) is 59.9 Å². The predicted molar refractivity (Wildman–Crippen MR) is 83.0 cm³/mol. The summed E-state index contributed by atoms with van der Waals surface area (Å²) in [4.78, 5) is 5.23. The molecule has 3 rings (SSSR count). The Morgan fingerprint density at radius 3 is 2.79 bits per heavy atom. The quantitative estimate of drug-likeness (QED) is 0.868. The molecule has 1 aromatic rings. The first-order chi connectivity index (χ1) is 9.24. The molecular weight excluding hydrogens is 302 g/mol. The summed E-state index contributed by atoms with van der Waals surface area (Å²) in [6.07, 6.45) is 4.09. The third kappa shape index (κ3) is 2.96. The maximum atomic E-state index is 5.95. The van der Waals surface area contributed by atoms with Gasteiger partial charge in [-0.1, -0.05) is 12.1 Å². The molecule has 0 aromatic heterocycles. The molecule has 0 aliphatic carbocycles. The second-order valence-corrected chi connectivity index (χ2v) is 6.53. The molecule has 1 aromatic carbocycles. The number of nitrogens with two attached hydrogens (primary N) is 1. The van der Waals surface area contributed by atoms with Gasteiger partial charge in [-0.2, -0.15) is 0 Å². The average molecular weight is 324 g/mol. The molecule has 0 radical (unpaired) electrons. The van der Waals surface area contributed by atoms with Crippen molar-refractivity contribution in [2.75, 3.05) is 31.9 Å². The van der Waals surface area contributed by atoms with E-state index in [1.165, 1.54) is 51.0 Å². The Morgan fingerprint density at radius 2 is 2.00 bits per heavy atom. The molecule has 2 fully saturated rings. The Kier molecular flexibility index (Phi) is 4.10. The number of anilines is 1. The van der Waals surface area contributed by atoms with Crippen molar-refractivity contribution >= 4 is 21.6 Å². The smallest absolute Gasteiger partial charge is 0.0461 e. The Labute approximate surface area is 123 Å². The monoisotopic (exact) mass is 323 g/mol. The van der Waals surface area contributed by atoms with E-state index in [9.17, 15) is 0 Å². The van der Waals surface area contributed by atoms with Crippen molar-refractivity contribution in [2.24, 2.45) is 0 Å². The lowest BCUT2D eigenvalue weighted by Crippen LogP contribution is -2.35. The lowest BCUT2D eigenvalue weighted by Gasteiger charge is -2.24. The van der Waals surface area contributed by atoms with Gasteiger partial charge >= 0.3 is 0 Å². The molecule has 104 valence electrons. The second kappa shape index (κ2) is 5.81. The fourth-order valence-electron chi connectivity index (χ4n) is 3.32. The SMILES string of the molecule is Nc1cccc(CN2CCC(N3CCCC3)C2)c1Br. The van der Waals surface area contributed by atoms with Crippen molar-refractivity contribution < 1.29 is 0 Å². The topological polar surface area (TPSA) is 32.5 Å². The molecule has 4 heteroatoms. The zero-order valence-electron chi connectivity index (χ0n) is 11.3. The summed E-state index contributed by atoms with van der Waals surface area (Å²) >= 11 is 3.61. The third-order valence-electron chi connectivity index (χ3n) is 4.41. The molecule has 1 unspecified atom stereocenters. The number of nitrogen functional groups attached to an aromatic ring is 1. The van der Waals surface area contributed by atoms with Crippen LogP contribution in [-0.2, 0) is 6.54 Å². The lowest BCUT2D eigenvalue weighted by molar-refractivity contribution is 0.230. The molecule has 0 spiro atoms. The highest BCUT2D eigenvalue weighted by molar-refractivity contribution is 9.10. The van der Waals surface area contributed by atoms with E-state index in [4.69, 9.17) is 5.73 Å². The minimum Gasteiger partial charge on any atom is -0.398 e. The highest BCUT2D eigenvalue weighted by atomic mass is 79.9. The van der Waals surface area contributed by atoms with Crippen LogP contribution in [0.3, 0.4) is 0 Å². The van der Waals surface area contributed by atoms with Crippen molar-refractivity contribution in [3.05, 3.63) is 28.2 Å². The Hall–Kier alpha value is -0.580. The third-order valence-corrected chi connectivity index (χ3v) is 5.37. The van der Waals surface area contributed by atoms with Gasteiger partial charge in [0.25, 0.3) is 0 Å². The molecule has 2 aliphatic rings. The number of likely N-dealkylation sites (tertiary alicyclic amines) is 2. The maximum absolute atomic E-state index is 5.95. The van der Waals surface area contributed by atoms with Gasteiger partial charge in [-0.15, -0.1) is 0 Å². The zero-order valence-corrected chi connectivity index (χ0v) is 12.9. The molecule has 3 nitrogen and oxygen atoms in total. The van der Waals surface area contributed by atoms with Crippen molar-refractivity contribution in [3.63, 3.8) is 0 Å². The number of hydrogen-bond donors (Lipinski definition) is 1. The summed E-state index contributed by atoms with van der Waals surface area (Å²) in [6, 6.07) is 6.94. The largest absolute Gasteiger partial charge is 0.398 e. The number of hydrogen-bond acceptors (Lipinski definition) is 3. The van der Waals surface area contributed by atoms with Crippen molar-refractivity contribution in [3.8, 4) is 0 Å². The van der Waals surface area contributed by atoms with Crippen LogP contribution in [0.25, 0.3) is 0 Å². The minimum absolute atomic E-state index is 0.780. The van der Waals surface area contributed by atoms with E-state index in [0.717, 1.165) is 22.7 Å². The average Bonchev–Trinajstić information content (AvgIpc) is 3.05. The van der Waals surface area contributed by atoms with Gasteiger partial charge in [0, 0.05) is 35.8 Å². The summed E-state index contributed by atoms with van der Waals surface area (Å²) in [5.74, 6) is 0. The number of nitrogens with zero attached hydrogens (tertiary/aromatic N) is 2. The maximum Gasteiger partial charge on any atom is 0.0461 e. The van der Waals surface area contributed by atoms with Gasteiger partial charge < -0.3 is 5.73 Å². The van der Waals surface area contributed by atoms with Crippen LogP contribution >= 0.6 is 15.9 Å². The predicted octanol–water partition coefficient (Wildman–Crippen LogP) is 2.70. The molecule has 2 heterocycles. The zero-order chi connectivity index (χ0) is 13.2. The first-order valence-electron chi connectivity index (χ1n) is 7.23. The van der Waals surface area contributed by atoms with Crippen molar-refractivity contribution in [2.45, 2.75) is 31.8 Å². The Bertz CT molecular complexity index is 443. The molecule has 2 aliphatic heterocycles. The second-order valence-electron chi connectivity index (χ2n) is 5.74. The standard InChI is InChI=1S/C15H22BrN3/c16-15-12(4-3-5-14(15)17)10-18-9-6-13(11-18)19-7-1-2-8-19/h3-5,13H,1-2,6-11,17H2. The van der Waals surface area contributed by atoms with Crippen LogP contribution in [0.4, 0.5) is 5.69 Å². The molecule has 2 N–H and O–H groups in total. The highest BCUT2D eigenvalue weighted by Crippen LogP contribution is 2.27. The van der Waals surface area contributed by atoms with Crippen molar-refractivity contribution in [1.29, 1.82) is 0 Å². The van der Waals surface area contributed by atoms with E-state index < -0.39 is 0 Å². The Morgan fingerprint density at radius 1 is 1.21 bits per heavy atom. The van der Waals surface area contributed by atoms with Crippen LogP contribution in [0.5, 0.6) is 0 Å². The molecule has 1 atom stereocenters. The number of benzene rings is 1. The highest BCUT2D eigenvalue weighted by Gasteiger charge is 2.29. The molecule has 19 heavy (non-hydrogen) atoms. The fraction of sp³-hybridized carbons (Fsp3) is 0.600. The first-order valence-corrected chi connectivity index (χ1v) is 8.02. The van der Waals surface area contributed by atoms with Gasteiger partial charge in [0.1, 0.15) is 0 Å². The van der Waals surface area contributed by atoms with Gasteiger partial charge in [-0.25, -0.2) is 0 Å². The molecule has 0 bridgehead atoms. The molecule has 2 saturated heterocycles. The van der Waals surface area contributed by atoms with Gasteiger partial charge in [0.15, 0.2) is 0 Å². The number of rotatable bonds is 3. The first kappa shape index (κ1) is 13.4. The molecular formula is C15H22BrN3. The van der Waals surface area contributed by atoms with E-state index in [0.29, 0.717) is 0 Å². The molecule has 0 amide bonds. The van der Waals surface area contributed by atoms with Crippen molar-refractivity contribution in [1.82, 2.24) is 9.80 Å². The number of halogens is 1. The summed E-state index contributed by atoms with van der Waals surface area (Å²) in [7, 11) is 0. The van der Waals surface area contributed by atoms with Crippen LogP contribution in [0.1, 0.15) is 24.8 Å². The lowest BCUT2D eigenvalue weighted by atomic mass is 10.2. The summed E-state index contributed by atoms with van der Waals surface area (Å²) < 4.78 is 1.07. The van der Waals surface area contributed by atoms with Crippen LogP contribution in [-0.4, -0.2) is 42.0 Å². The minimum atomic E-state index is 0.780. The van der Waals surface area contributed by atoms with Crippen LogP contribution in [0.2, 0.25) is 0 Å². The van der Waals surface area contributed by atoms with Crippen LogP contribution < -0.4 is 5.73 Å². The van der Waals surface area contributed by atoms with Crippen LogP contribution in [0, 0.1) is 0 Å². The van der Waals surface area contributed by atoms with Gasteiger partial charge in [-0.3, -0.25) is 9.80 Å². The van der Waals surface area contributed by atoms with E-state index in [1.54, 1.807) is 0 Å². The fourth-order valence-corrected chi connectivity index (χ4v) is 3.71. The van der Waals surface area contributed by atoms with Crippen LogP contribution in [0.15, 0.2) is 22.7 Å². The Balaban J connectivity index is 1.60. The normalized spacial score (nSPS) is 25.2. The van der Waals surface area contributed by atoms with E-state index in [-0.39, 0.29) is 0 Å².